The van der Waals surface area contributed by atoms with Crippen molar-refractivity contribution in [3.8, 4) is 12.1 Å². The van der Waals surface area contributed by atoms with Crippen LogP contribution in [0.15, 0.2) is 24.3 Å². The van der Waals surface area contributed by atoms with Gasteiger partial charge in [0.1, 0.15) is 17.5 Å². The minimum atomic E-state index is -1.31. The van der Waals surface area contributed by atoms with Crippen LogP contribution in [-0.2, 0) is 6.54 Å². The van der Waals surface area contributed by atoms with Gasteiger partial charge in [0, 0.05) is 0 Å². The van der Waals surface area contributed by atoms with Crippen LogP contribution in [0, 0.1) is 22.7 Å². The molecule has 1 aromatic carbocycles. The van der Waals surface area contributed by atoms with Crippen molar-refractivity contribution in [1.29, 1.82) is 10.5 Å². The number of aromatic carboxylic acids is 1. The molecule has 0 atom stereocenters. The molecule has 0 saturated heterocycles. The Kier molecular flexibility index (Phi) is 3.36. The van der Waals surface area contributed by atoms with E-state index in [4.69, 9.17) is 21.4 Å². The van der Waals surface area contributed by atoms with Crippen molar-refractivity contribution in [3.05, 3.63) is 46.6 Å². The van der Waals surface area contributed by atoms with E-state index in [-0.39, 0.29) is 23.6 Å². The highest BCUT2D eigenvalue weighted by Gasteiger charge is 2.20. The summed E-state index contributed by atoms with van der Waals surface area (Å²) in [5.74, 6) is -1.31. The lowest BCUT2D eigenvalue weighted by molar-refractivity contribution is 0.0689. The van der Waals surface area contributed by atoms with Crippen LogP contribution in [0.2, 0.25) is 0 Å². The fraction of sp³-hybridized carbons (Fsp3) is 0.0769. The van der Waals surface area contributed by atoms with E-state index in [1.54, 1.807) is 30.3 Å². The summed E-state index contributed by atoms with van der Waals surface area (Å²) >= 11 is 0. The number of nitrogens with two attached hydrogens (primary N) is 1. The Balaban J connectivity index is 2.42. The van der Waals surface area contributed by atoms with Crippen molar-refractivity contribution in [2.45, 2.75) is 6.54 Å². The number of carboxylic acids is 1. The first-order chi connectivity index (χ1) is 9.56. The maximum atomic E-state index is 11.0. The van der Waals surface area contributed by atoms with E-state index in [0.29, 0.717) is 5.56 Å². The second kappa shape index (κ2) is 5.12. The van der Waals surface area contributed by atoms with Crippen LogP contribution in [0.3, 0.4) is 0 Å². The van der Waals surface area contributed by atoms with Gasteiger partial charge in [0.15, 0.2) is 5.69 Å². The molecule has 2 aromatic rings. The molecule has 0 unspecified atom stereocenters. The zero-order chi connectivity index (χ0) is 14.7. The number of carboxylic acid groups (broad SMARTS) is 1. The highest BCUT2D eigenvalue weighted by Crippen LogP contribution is 2.17. The molecule has 3 N–H and O–H groups in total. The molecule has 7 nitrogen and oxygen atoms in total. The maximum Gasteiger partial charge on any atom is 0.357 e. The fourth-order valence-electron chi connectivity index (χ4n) is 1.77. The Morgan fingerprint density at radius 3 is 2.70 bits per heavy atom. The molecule has 0 aliphatic carbocycles. The number of rotatable bonds is 3. The highest BCUT2D eigenvalue weighted by molar-refractivity contribution is 5.90. The molecule has 2 rings (SSSR count). The van der Waals surface area contributed by atoms with Gasteiger partial charge in [-0.05, 0) is 17.7 Å². The maximum absolute atomic E-state index is 11.0. The lowest BCUT2D eigenvalue weighted by Crippen LogP contribution is -2.07. The number of hydrogen-bond acceptors (Lipinski definition) is 5. The monoisotopic (exact) mass is 267 g/mol. The quantitative estimate of drug-likeness (QED) is 0.851. The van der Waals surface area contributed by atoms with Crippen molar-refractivity contribution in [1.82, 2.24) is 9.78 Å². The van der Waals surface area contributed by atoms with E-state index in [1.807, 2.05) is 6.07 Å². The molecule has 0 fully saturated rings. The van der Waals surface area contributed by atoms with Crippen LogP contribution >= 0.6 is 0 Å². The van der Waals surface area contributed by atoms with Gasteiger partial charge in [0.25, 0.3) is 0 Å². The number of nitrogen functional groups attached to an aromatic ring is 1. The number of hydrogen-bond donors (Lipinski definition) is 2. The SMILES string of the molecule is N#Cc1cccc(Cn2nc(C(=O)O)c(C#N)c2N)c1. The van der Waals surface area contributed by atoms with Crippen molar-refractivity contribution < 1.29 is 9.90 Å². The number of aromatic nitrogens is 2. The van der Waals surface area contributed by atoms with Crippen LogP contribution in [0.4, 0.5) is 5.82 Å². The van der Waals surface area contributed by atoms with Gasteiger partial charge in [-0.3, -0.25) is 0 Å². The zero-order valence-electron chi connectivity index (χ0n) is 10.2. The Morgan fingerprint density at radius 2 is 2.15 bits per heavy atom. The number of anilines is 1. The molecule has 0 aliphatic rings. The average Bonchev–Trinajstić information content (AvgIpc) is 2.76. The van der Waals surface area contributed by atoms with E-state index in [0.717, 1.165) is 5.56 Å². The molecule has 1 aromatic heterocycles. The molecule has 0 radical (unpaired) electrons. The van der Waals surface area contributed by atoms with Crippen LogP contribution in [0.25, 0.3) is 0 Å². The minimum absolute atomic E-state index is 0.00717. The van der Waals surface area contributed by atoms with Crippen molar-refractivity contribution >= 4 is 11.8 Å². The molecule has 98 valence electrons. The molecule has 0 aliphatic heterocycles. The largest absolute Gasteiger partial charge is 0.476 e. The number of nitriles is 2. The summed E-state index contributed by atoms with van der Waals surface area (Å²) in [5.41, 5.74) is 6.40. The molecule has 1 heterocycles. The Hall–Kier alpha value is -3.32. The lowest BCUT2D eigenvalue weighted by atomic mass is 10.1. The second-order valence-electron chi connectivity index (χ2n) is 4.00. The molecule has 20 heavy (non-hydrogen) atoms. The average molecular weight is 267 g/mol. The minimum Gasteiger partial charge on any atom is -0.476 e. The zero-order valence-corrected chi connectivity index (χ0v) is 10.2. The topological polar surface area (TPSA) is 129 Å². The highest BCUT2D eigenvalue weighted by atomic mass is 16.4. The summed E-state index contributed by atoms with van der Waals surface area (Å²) in [5, 5.41) is 30.5. The van der Waals surface area contributed by atoms with Gasteiger partial charge in [0.2, 0.25) is 0 Å². The molecule has 0 amide bonds. The Labute approximate surface area is 114 Å². The number of nitrogens with zero attached hydrogens (tertiary/aromatic N) is 4. The predicted molar refractivity (Wildman–Crippen MR) is 68.6 cm³/mol. The summed E-state index contributed by atoms with van der Waals surface area (Å²) in [4.78, 5) is 11.0. The summed E-state index contributed by atoms with van der Waals surface area (Å²) in [6.45, 7) is 0.184. The number of benzene rings is 1. The van der Waals surface area contributed by atoms with Crippen LogP contribution in [0.1, 0.15) is 27.2 Å². The van der Waals surface area contributed by atoms with Gasteiger partial charge in [-0.2, -0.15) is 15.6 Å². The predicted octanol–water partition coefficient (Wildman–Crippen LogP) is 0.955. The van der Waals surface area contributed by atoms with E-state index >= 15 is 0 Å². The third-order valence-corrected chi connectivity index (χ3v) is 2.69. The third kappa shape index (κ3) is 2.28. The van der Waals surface area contributed by atoms with E-state index in [1.165, 1.54) is 4.68 Å². The van der Waals surface area contributed by atoms with Gasteiger partial charge < -0.3 is 10.8 Å². The first kappa shape index (κ1) is 13.1. The molecule has 0 spiro atoms. The van der Waals surface area contributed by atoms with Crippen molar-refractivity contribution in [3.63, 3.8) is 0 Å². The van der Waals surface area contributed by atoms with Gasteiger partial charge in [-0.1, -0.05) is 12.1 Å². The molecule has 0 bridgehead atoms. The molecule has 7 heteroatoms. The summed E-state index contributed by atoms with van der Waals surface area (Å²) in [7, 11) is 0. The van der Waals surface area contributed by atoms with E-state index < -0.39 is 5.97 Å². The summed E-state index contributed by atoms with van der Waals surface area (Å²) in [6, 6.07) is 10.5. The third-order valence-electron chi connectivity index (χ3n) is 2.69. The van der Waals surface area contributed by atoms with Gasteiger partial charge >= 0.3 is 5.97 Å². The molecule has 0 saturated carbocycles. The Bertz CT molecular complexity index is 764. The van der Waals surface area contributed by atoms with Crippen LogP contribution < -0.4 is 5.73 Å². The molecular formula is C13H9N5O2. The van der Waals surface area contributed by atoms with Gasteiger partial charge in [-0.15, -0.1) is 0 Å². The van der Waals surface area contributed by atoms with Crippen molar-refractivity contribution in [2.24, 2.45) is 0 Å². The second-order valence-corrected chi connectivity index (χ2v) is 4.00. The number of carbonyl (C=O) groups is 1. The lowest BCUT2D eigenvalue weighted by Gasteiger charge is -2.04. The molecular weight excluding hydrogens is 258 g/mol. The van der Waals surface area contributed by atoms with Crippen LogP contribution in [0.5, 0.6) is 0 Å². The van der Waals surface area contributed by atoms with Crippen molar-refractivity contribution in [2.75, 3.05) is 5.73 Å². The van der Waals surface area contributed by atoms with E-state index in [2.05, 4.69) is 5.10 Å². The summed E-state index contributed by atoms with van der Waals surface area (Å²) < 4.78 is 1.23. The normalized spacial score (nSPS) is 9.70. The smallest absolute Gasteiger partial charge is 0.357 e. The Morgan fingerprint density at radius 1 is 1.40 bits per heavy atom. The fourth-order valence-corrected chi connectivity index (χ4v) is 1.77. The first-order valence-electron chi connectivity index (χ1n) is 5.55. The standard InChI is InChI=1S/C13H9N5O2/c14-5-8-2-1-3-9(4-8)7-18-12(16)10(6-15)11(17-18)13(19)20/h1-4H,7,16H2,(H,19,20). The first-order valence-corrected chi connectivity index (χ1v) is 5.55. The van der Waals surface area contributed by atoms with Crippen LogP contribution in [-0.4, -0.2) is 20.9 Å². The van der Waals surface area contributed by atoms with Gasteiger partial charge in [-0.25, -0.2) is 9.48 Å². The van der Waals surface area contributed by atoms with Gasteiger partial charge in [0.05, 0.1) is 18.2 Å². The summed E-state index contributed by atoms with van der Waals surface area (Å²) in [6.07, 6.45) is 0. The van der Waals surface area contributed by atoms with E-state index in [9.17, 15) is 4.79 Å².